The Morgan fingerprint density at radius 3 is 3.05 bits per heavy atom. The first kappa shape index (κ1) is 14.1. The molecule has 0 saturated carbocycles. The number of fused-ring (bicyclic) bond motifs is 1. The van der Waals surface area contributed by atoms with E-state index in [1.165, 1.54) is 0 Å². The smallest absolute Gasteiger partial charge is 0.248 e. The summed E-state index contributed by atoms with van der Waals surface area (Å²) in [6, 6.07) is 3.94. The maximum Gasteiger partial charge on any atom is 0.248 e. The molecule has 1 N–H and O–H groups in total. The van der Waals surface area contributed by atoms with Crippen LogP contribution in [0.5, 0.6) is 0 Å². The van der Waals surface area contributed by atoms with Gasteiger partial charge in [0, 0.05) is 37.9 Å². The summed E-state index contributed by atoms with van der Waals surface area (Å²) in [6.07, 6.45) is 3.04. The van der Waals surface area contributed by atoms with Crippen molar-refractivity contribution in [2.75, 3.05) is 26.2 Å². The molecule has 0 aliphatic carbocycles. The molecule has 2 fully saturated rings. The molecule has 0 unspecified atom stereocenters. The first-order valence-electron chi connectivity index (χ1n) is 7.50. The third-order valence-corrected chi connectivity index (χ3v) is 4.34. The number of nitrogens with zero attached hydrogens (tertiary/aromatic N) is 2. The molecule has 1 aromatic heterocycles. The number of hydrogen-bond acceptors (Lipinski definition) is 3. The molecule has 6 nitrogen and oxygen atoms in total. The molecule has 0 radical (unpaired) electrons. The number of aromatic amines is 1. The summed E-state index contributed by atoms with van der Waals surface area (Å²) in [6.45, 7) is 3.97. The summed E-state index contributed by atoms with van der Waals surface area (Å²) in [4.78, 5) is 30.9. The number of H-pyrrole nitrogens is 1. The van der Waals surface area contributed by atoms with Crippen molar-refractivity contribution in [3.8, 4) is 0 Å². The van der Waals surface area contributed by atoms with Crippen LogP contribution in [0.15, 0.2) is 18.3 Å². The van der Waals surface area contributed by atoms with Crippen LogP contribution >= 0.6 is 0 Å². The Kier molecular flexibility index (Phi) is 3.96. The van der Waals surface area contributed by atoms with Crippen LogP contribution in [0.4, 0.5) is 0 Å². The number of carbonyl (C=O) groups is 2. The minimum atomic E-state index is -0.0305. The van der Waals surface area contributed by atoms with Crippen LogP contribution in [0.2, 0.25) is 0 Å². The average molecular weight is 291 g/mol. The Bertz CT molecular complexity index is 514. The van der Waals surface area contributed by atoms with E-state index in [1.54, 1.807) is 0 Å². The predicted octanol–water partition coefficient (Wildman–Crippen LogP) is 0.405. The van der Waals surface area contributed by atoms with Gasteiger partial charge in [0.1, 0.15) is 6.61 Å². The van der Waals surface area contributed by atoms with Gasteiger partial charge in [-0.15, -0.1) is 0 Å². The maximum absolute atomic E-state index is 12.3. The second-order valence-electron chi connectivity index (χ2n) is 5.59. The lowest BCUT2D eigenvalue weighted by Gasteiger charge is -2.35. The van der Waals surface area contributed by atoms with Crippen LogP contribution in [0, 0.1) is 0 Å². The van der Waals surface area contributed by atoms with Gasteiger partial charge in [-0.3, -0.25) is 9.59 Å². The number of aryl methyl sites for hydroxylation is 1. The highest BCUT2D eigenvalue weighted by Gasteiger charge is 2.43. The van der Waals surface area contributed by atoms with Gasteiger partial charge in [-0.1, -0.05) is 0 Å². The normalized spacial score (nSPS) is 25.3. The molecule has 114 valence electrons. The number of aromatic nitrogens is 1. The van der Waals surface area contributed by atoms with Gasteiger partial charge < -0.3 is 19.5 Å². The molecule has 0 aromatic carbocycles. The number of nitrogens with one attached hydrogen (secondary N) is 1. The van der Waals surface area contributed by atoms with Crippen molar-refractivity contribution in [2.24, 2.45) is 0 Å². The molecule has 2 amide bonds. The van der Waals surface area contributed by atoms with Crippen LogP contribution in [-0.4, -0.2) is 65.0 Å². The standard InChI is InChI=1S/C15H21N3O3/c1-2-18-12-8-17(9-13(12)21-10-15(18)20)14(19)6-5-11-4-3-7-16-11/h3-4,7,12-13,16H,2,5-6,8-10H2,1H3/t12-,13-/m1/s1. The van der Waals surface area contributed by atoms with E-state index in [9.17, 15) is 9.59 Å². The third kappa shape index (κ3) is 2.81. The summed E-state index contributed by atoms with van der Waals surface area (Å²) in [5.41, 5.74) is 1.07. The lowest BCUT2D eigenvalue weighted by atomic mass is 10.1. The number of likely N-dealkylation sites (tertiary alicyclic amines) is 1. The van der Waals surface area contributed by atoms with E-state index in [4.69, 9.17) is 4.74 Å². The van der Waals surface area contributed by atoms with Crippen molar-refractivity contribution in [3.63, 3.8) is 0 Å². The molecule has 21 heavy (non-hydrogen) atoms. The number of likely N-dealkylation sites (N-methyl/N-ethyl adjacent to an activating group) is 1. The Morgan fingerprint density at radius 1 is 1.48 bits per heavy atom. The van der Waals surface area contributed by atoms with Crippen LogP contribution < -0.4 is 0 Å². The molecule has 6 heteroatoms. The Hall–Kier alpha value is -1.82. The van der Waals surface area contributed by atoms with E-state index in [-0.39, 0.29) is 30.6 Å². The molecule has 2 aliphatic rings. The Morgan fingerprint density at radius 2 is 2.33 bits per heavy atom. The fraction of sp³-hybridized carbons (Fsp3) is 0.600. The lowest BCUT2D eigenvalue weighted by molar-refractivity contribution is -0.152. The third-order valence-electron chi connectivity index (χ3n) is 4.34. The van der Waals surface area contributed by atoms with Crippen LogP contribution in [0.25, 0.3) is 0 Å². The number of ether oxygens (including phenoxy) is 1. The molecular weight excluding hydrogens is 270 g/mol. The van der Waals surface area contributed by atoms with Crippen molar-refractivity contribution >= 4 is 11.8 Å². The Balaban J connectivity index is 1.58. The highest BCUT2D eigenvalue weighted by molar-refractivity contribution is 5.80. The van der Waals surface area contributed by atoms with Gasteiger partial charge in [-0.2, -0.15) is 0 Å². The van der Waals surface area contributed by atoms with Crippen LogP contribution in [0.3, 0.4) is 0 Å². The molecule has 2 saturated heterocycles. The van der Waals surface area contributed by atoms with Crippen molar-refractivity contribution in [1.29, 1.82) is 0 Å². The summed E-state index contributed by atoms with van der Waals surface area (Å²) in [7, 11) is 0. The zero-order valence-corrected chi connectivity index (χ0v) is 12.2. The summed E-state index contributed by atoms with van der Waals surface area (Å²) in [5.74, 6) is 0.158. The molecule has 1 aromatic rings. The van der Waals surface area contributed by atoms with E-state index in [0.717, 1.165) is 12.1 Å². The van der Waals surface area contributed by atoms with Crippen molar-refractivity contribution in [1.82, 2.24) is 14.8 Å². The fourth-order valence-corrected chi connectivity index (χ4v) is 3.20. The number of carbonyl (C=O) groups excluding carboxylic acids is 2. The topological polar surface area (TPSA) is 65.6 Å². The number of hydrogen-bond donors (Lipinski definition) is 1. The van der Waals surface area contributed by atoms with Crippen molar-refractivity contribution in [2.45, 2.75) is 31.9 Å². The highest BCUT2D eigenvalue weighted by atomic mass is 16.5. The van der Waals surface area contributed by atoms with Gasteiger partial charge in [-0.25, -0.2) is 0 Å². The van der Waals surface area contributed by atoms with Crippen LogP contribution in [-0.2, 0) is 20.7 Å². The largest absolute Gasteiger partial charge is 0.365 e. The lowest BCUT2D eigenvalue weighted by Crippen LogP contribution is -2.53. The number of morpholine rings is 1. The molecule has 0 bridgehead atoms. The Labute approximate surface area is 124 Å². The van der Waals surface area contributed by atoms with E-state index in [2.05, 4.69) is 4.98 Å². The maximum atomic E-state index is 12.3. The molecule has 3 rings (SSSR count). The molecule has 0 spiro atoms. The number of amides is 2. The zero-order valence-electron chi connectivity index (χ0n) is 12.2. The minimum absolute atomic E-state index is 0.0192. The summed E-state index contributed by atoms with van der Waals surface area (Å²) < 4.78 is 5.59. The van der Waals surface area contributed by atoms with Gasteiger partial charge in [0.2, 0.25) is 11.8 Å². The average Bonchev–Trinajstić information content (AvgIpc) is 3.13. The molecule has 3 heterocycles. The molecule has 2 aliphatic heterocycles. The van der Waals surface area contributed by atoms with Gasteiger partial charge in [0.25, 0.3) is 0 Å². The van der Waals surface area contributed by atoms with E-state index in [0.29, 0.717) is 26.1 Å². The summed E-state index contributed by atoms with van der Waals surface area (Å²) in [5, 5.41) is 0. The van der Waals surface area contributed by atoms with Gasteiger partial charge >= 0.3 is 0 Å². The van der Waals surface area contributed by atoms with Crippen molar-refractivity contribution in [3.05, 3.63) is 24.0 Å². The van der Waals surface area contributed by atoms with Gasteiger partial charge in [0.15, 0.2) is 0 Å². The second-order valence-corrected chi connectivity index (χ2v) is 5.59. The monoisotopic (exact) mass is 291 g/mol. The predicted molar refractivity (Wildman–Crippen MR) is 76.6 cm³/mol. The van der Waals surface area contributed by atoms with E-state index in [1.807, 2.05) is 35.1 Å². The van der Waals surface area contributed by atoms with Gasteiger partial charge in [-0.05, 0) is 25.5 Å². The first-order chi connectivity index (χ1) is 10.2. The number of rotatable bonds is 4. The fourth-order valence-electron chi connectivity index (χ4n) is 3.20. The summed E-state index contributed by atoms with van der Waals surface area (Å²) >= 11 is 0. The van der Waals surface area contributed by atoms with E-state index < -0.39 is 0 Å². The molecular formula is C15H21N3O3. The second kappa shape index (κ2) is 5.89. The SMILES string of the molecule is CCN1C(=O)CO[C@@H]2CN(C(=O)CCc3ccc[nH]3)C[C@H]21. The minimum Gasteiger partial charge on any atom is -0.365 e. The van der Waals surface area contributed by atoms with Gasteiger partial charge in [0.05, 0.1) is 12.1 Å². The van der Waals surface area contributed by atoms with Crippen LogP contribution in [0.1, 0.15) is 19.0 Å². The van der Waals surface area contributed by atoms with Crippen molar-refractivity contribution < 1.29 is 14.3 Å². The first-order valence-corrected chi connectivity index (χ1v) is 7.50. The van der Waals surface area contributed by atoms with E-state index >= 15 is 0 Å². The molecule has 2 atom stereocenters. The zero-order chi connectivity index (χ0) is 14.8. The quantitative estimate of drug-likeness (QED) is 0.873. The highest BCUT2D eigenvalue weighted by Crippen LogP contribution is 2.24.